The molecule has 2 fully saturated rings. The molecule has 4 heterocycles. The molecule has 0 bridgehead atoms. The van der Waals surface area contributed by atoms with Crippen LogP contribution in [0.1, 0.15) is 35.4 Å². The molecule has 0 atom stereocenters. The van der Waals surface area contributed by atoms with Gasteiger partial charge in [0.1, 0.15) is 5.76 Å². The number of rotatable bonds is 2. The van der Waals surface area contributed by atoms with Gasteiger partial charge in [-0.1, -0.05) is 0 Å². The molecule has 0 aromatic carbocycles. The predicted octanol–water partition coefficient (Wildman–Crippen LogP) is 1.98. The molecule has 2 amide bonds. The second kappa shape index (κ2) is 5.75. The fourth-order valence-electron chi connectivity index (χ4n) is 3.99. The maximum Gasteiger partial charge on any atom is 0.257 e. The number of hydrogen-bond donors (Lipinski definition) is 0. The highest BCUT2D eigenvalue weighted by Gasteiger charge is 2.49. The normalized spacial score (nSPS) is 19.8. The maximum atomic E-state index is 13.0. The quantitative estimate of drug-likeness (QED) is 0.837. The average molecular weight is 342 g/mol. The van der Waals surface area contributed by atoms with Crippen LogP contribution < -0.4 is 4.90 Å². The summed E-state index contributed by atoms with van der Waals surface area (Å²) in [5, 5.41) is 4.16. The van der Waals surface area contributed by atoms with Gasteiger partial charge in [-0.15, -0.1) is 0 Å². The molecule has 132 valence electrons. The zero-order valence-electron chi connectivity index (χ0n) is 14.6. The molecule has 2 saturated heterocycles. The topological polar surface area (TPSA) is 71.6 Å². The van der Waals surface area contributed by atoms with E-state index in [0.717, 1.165) is 18.7 Å². The van der Waals surface area contributed by atoms with Crippen LogP contribution >= 0.6 is 0 Å². The summed E-state index contributed by atoms with van der Waals surface area (Å²) in [6, 6.07) is 1.72. The van der Waals surface area contributed by atoms with Gasteiger partial charge in [-0.2, -0.15) is 5.10 Å². The Morgan fingerprint density at radius 1 is 1.24 bits per heavy atom. The van der Waals surface area contributed by atoms with Crippen LogP contribution in [0.4, 0.5) is 5.69 Å². The summed E-state index contributed by atoms with van der Waals surface area (Å²) < 4.78 is 6.95. The van der Waals surface area contributed by atoms with Crippen LogP contribution in [0.5, 0.6) is 0 Å². The SMILES string of the molecule is Cc1occc1C(=O)N1CCC2(CC1)CCN(c1cnn(C)c1)C2=O. The Bertz CT molecular complexity index is 814. The number of anilines is 1. The van der Waals surface area contributed by atoms with Crippen molar-refractivity contribution in [3.05, 3.63) is 36.0 Å². The lowest BCUT2D eigenvalue weighted by Gasteiger charge is -2.37. The van der Waals surface area contributed by atoms with Gasteiger partial charge in [0.15, 0.2) is 0 Å². The first kappa shape index (κ1) is 15.9. The third-order valence-corrected chi connectivity index (χ3v) is 5.61. The summed E-state index contributed by atoms with van der Waals surface area (Å²) in [4.78, 5) is 29.3. The van der Waals surface area contributed by atoms with Crippen molar-refractivity contribution in [2.45, 2.75) is 26.2 Å². The highest BCUT2D eigenvalue weighted by atomic mass is 16.3. The van der Waals surface area contributed by atoms with E-state index in [1.807, 2.05) is 23.0 Å². The van der Waals surface area contributed by atoms with Crippen molar-refractivity contribution < 1.29 is 14.0 Å². The van der Waals surface area contributed by atoms with Crippen LogP contribution in [0.3, 0.4) is 0 Å². The van der Waals surface area contributed by atoms with Gasteiger partial charge in [0.05, 0.1) is 29.1 Å². The van der Waals surface area contributed by atoms with Gasteiger partial charge in [-0.25, -0.2) is 0 Å². The maximum absolute atomic E-state index is 13.0. The lowest BCUT2D eigenvalue weighted by molar-refractivity contribution is -0.127. The first-order chi connectivity index (χ1) is 12.0. The van der Waals surface area contributed by atoms with Crippen molar-refractivity contribution in [2.24, 2.45) is 12.5 Å². The van der Waals surface area contributed by atoms with Gasteiger partial charge >= 0.3 is 0 Å². The van der Waals surface area contributed by atoms with Crippen LogP contribution in [0.15, 0.2) is 29.1 Å². The Hall–Kier alpha value is -2.57. The molecule has 0 radical (unpaired) electrons. The van der Waals surface area contributed by atoms with Crippen molar-refractivity contribution in [1.29, 1.82) is 0 Å². The number of carbonyl (C=O) groups excluding carboxylic acids is 2. The Morgan fingerprint density at radius 2 is 1.96 bits per heavy atom. The summed E-state index contributed by atoms with van der Waals surface area (Å²) in [5.74, 6) is 0.813. The second-order valence-corrected chi connectivity index (χ2v) is 7.04. The number of carbonyl (C=O) groups is 2. The van der Waals surface area contributed by atoms with E-state index in [1.54, 1.807) is 30.1 Å². The van der Waals surface area contributed by atoms with Crippen molar-refractivity contribution in [1.82, 2.24) is 14.7 Å². The van der Waals surface area contributed by atoms with Gasteiger partial charge in [-0.05, 0) is 32.3 Å². The molecule has 7 heteroatoms. The third-order valence-electron chi connectivity index (χ3n) is 5.61. The standard InChI is InChI=1S/C18H22N4O3/c1-13-15(3-10-25-13)16(23)21-7-4-18(5-8-21)6-9-22(17(18)24)14-11-19-20(2)12-14/h3,10-12H,4-9H2,1-2H3. The number of amides is 2. The minimum atomic E-state index is -0.335. The summed E-state index contributed by atoms with van der Waals surface area (Å²) >= 11 is 0. The summed E-state index contributed by atoms with van der Waals surface area (Å²) in [6.45, 7) is 3.73. The molecular weight excluding hydrogens is 320 g/mol. The number of likely N-dealkylation sites (tertiary alicyclic amines) is 1. The molecule has 0 saturated carbocycles. The zero-order chi connectivity index (χ0) is 17.6. The number of aromatic nitrogens is 2. The van der Waals surface area contributed by atoms with E-state index in [0.29, 0.717) is 37.3 Å². The molecule has 2 aromatic rings. The molecular formula is C18H22N4O3. The van der Waals surface area contributed by atoms with Crippen molar-refractivity contribution in [2.75, 3.05) is 24.5 Å². The van der Waals surface area contributed by atoms with Crippen LogP contribution in [-0.2, 0) is 11.8 Å². The van der Waals surface area contributed by atoms with Crippen LogP contribution in [0.2, 0.25) is 0 Å². The first-order valence-electron chi connectivity index (χ1n) is 8.64. The highest BCUT2D eigenvalue weighted by molar-refractivity contribution is 6.00. The molecule has 1 spiro atoms. The van der Waals surface area contributed by atoms with E-state index in [4.69, 9.17) is 4.42 Å². The fourth-order valence-corrected chi connectivity index (χ4v) is 3.99. The van der Waals surface area contributed by atoms with Gasteiger partial charge < -0.3 is 14.2 Å². The van der Waals surface area contributed by atoms with Crippen molar-refractivity contribution in [3.63, 3.8) is 0 Å². The first-order valence-corrected chi connectivity index (χ1v) is 8.64. The molecule has 4 rings (SSSR count). The zero-order valence-corrected chi connectivity index (χ0v) is 14.6. The van der Waals surface area contributed by atoms with E-state index in [-0.39, 0.29) is 17.2 Å². The highest BCUT2D eigenvalue weighted by Crippen LogP contribution is 2.43. The molecule has 2 aromatic heterocycles. The Kier molecular flexibility index (Phi) is 3.67. The fraction of sp³-hybridized carbons (Fsp3) is 0.500. The minimum Gasteiger partial charge on any atom is -0.469 e. The Morgan fingerprint density at radius 3 is 2.56 bits per heavy atom. The van der Waals surface area contributed by atoms with Gasteiger partial charge in [0.25, 0.3) is 5.91 Å². The molecule has 0 aliphatic carbocycles. The molecule has 2 aliphatic rings. The van der Waals surface area contributed by atoms with Crippen LogP contribution in [-0.4, -0.2) is 46.1 Å². The van der Waals surface area contributed by atoms with Gasteiger partial charge in [-0.3, -0.25) is 14.3 Å². The van der Waals surface area contributed by atoms with Gasteiger partial charge in [0.2, 0.25) is 5.91 Å². The van der Waals surface area contributed by atoms with E-state index < -0.39 is 0 Å². The Labute approximate surface area is 146 Å². The van der Waals surface area contributed by atoms with Crippen LogP contribution in [0.25, 0.3) is 0 Å². The number of aryl methyl sites for hydroxylation is 2. The van der Waals surface area contributed by atoms with Crippen molar-refractivity contribution >= 4 is 17.5 Å². The average Bonchev–Trinajstić information content (AvgIpc) is 3.29. The summed E-state index contributed by atoms with van der Waals surface area (Å²) in [7, 11) is 1.85. The third kappa shape index (κ3) is 2.54. The molecule has 0 N–H and O–H groups in total. The van der Waals surface area contributed by atoms with E-state index >= 15 is 0 Å². The largest absolute Gasteiger partial charge is 0.469 e. The molecule has 7 nitrogen and oxygen atoms in total. The lowest BCUT2D eigenvalue weighted by Crippen LogP contribution is -2.46. The smallest absolute Gasteiger partial charge is 0.257 e. The molecule has 0 unspecified atom stereocenters. The summed E-state index contributed by atoms with van der Waals surface area (Å²) in [6.07, 6.45) is 7.42. The lowest BCUT2D eigenvalue weighted by atomic mass is 9.77. The minimum absolute atomic E-state index is 0.00402. The number of piperidine rings is 1. The van der Waals surface area contributed by atoms with E-state index in [1.165, 1.54) is 0 Å². The monoisotopic (exact) mass is 342 g/mol. The van der Waals surface area contributed by atoms with E-state index in [9.17, 15) is 9.59 Å². The van der Waals surface area contributed by atoms with Crippen LogP contribution in [0, 0.1) is 12.3 Å². The number of hydrogen-bond acceptors (Lipinski definition) is 4. The number of nitrogens with zero attached hydrogens (tertiary/aromatic N) is 4. The molecule has 25 heavy (non-hydrogen) atoms. The van der Waals surface area contributed by atoms with E-state index in [2.05, 4.69) is 5.10 Å². The second-order valence-electron chi connectivity index (χ2n) is 7.04. The predicted molar refractivity (Wildman–Crippen MR) is 91.2 cm³/mol. The summed E-state index contributed by atoms with van der Waals surface area (Å²) in [5.41, 5.74) is 1.14. The van der Waals surface area contributed by atoms with Crippen molar-refractivity contribution in [3.8, 4) is 0 Å². The molecule has 2 aliphatic heterocycles. The Balaban J connectivity index is 1.45. The van der Waals surface area contributed by atoms with Gasteiger partial charge in [0, 0.05) is 32.9 Å². The number of furan rings is 1.